The molecular formula is C16H32. The van der Waals surface area contributed by atoms with E-state index in [1.165, 1.54) is 25.7 Å². The topological polar surface area (TPSA) is 0 Å². The molecule has 0 radical (unpaired) electrons. The van der Waals surface area contributed by atoms with Crippen LogP contribution in [0, 0.1) is 28.6 Å². The molecule has 1 fully saturated rings. The molecule has 0 aromatic carbocycles. The first-order valence-electron chi connectivity index (χ1n) is 7.34. The van der Waals surface area contributed by atoms with Gasteiger partial charge in [-0.15, -0.1) is 0 Å². The highest BCUT2D eigenvalue weighted by atomic mass is 14.6. The Labute approximate surface area is 103 Å². The van der Waals surface area contributed by atoms with Crippen LogP contribution in [-0.2, 0) is 0 Å². The van der Waals surface area contributed by atoms with Crippen LogP contribution < -0.4 is 0 Å². The number of hydrogen-bond acceptors (Lipinski definition) is 0. The first-order chi connectivity index (χ1) is 7.34. The fourth-order valence-electron chi connectivity index (χ4n) is 4.25. The lowest BCUT2D eigenvalue weighted by molar-refractivity contribution is -0.145. The van der Waals surface area contributed by atoms with Gasteiger partial charge in [0.2, 0.25) is 0 Å². The van der Waals surface area contributed by atoms with Crippen molar-refractivity contribution >= 4 is 0 Å². The fraction of sp³-hybridized carbons (Fsp3) is 1.00. The predicted octanol–water partition coefficient (Wildman–Crippen LogP) is 5.52. The van der Waals surface area contributed by atoms with Gasteiger partial charge in [0, 0.05) is 0 Å². The van der Waals surface area contributed by atoms with Crippen molar-refractivity contribution < 1.29 is 0 Å². The zero-order valence-electron chi connectivity index (χ0n) is 12.6. The van der Waals surface area contributed by atoms with Crippen molar-refractivity contribution in [1.82, 2.24) is 0 Å². The second-order valence-corrected chi connectivity index (χ2v) is 6.90. The molecule has 1 rings (SSSR count). The van der Waals surface area contributed by atoms with Gasteiger partial charge in [0.25, 0.3) is 0 Å². The van der Waals surface area contributed by atoms with Gasteiger partial charge in [0.15, 0.2) is 0 Å². The first-order valence-corrected chi connectivity index (χ1v) is 7.34. The Hall–Kier alpha value is 0. The maximum Gasteiger partial charge on any atom is -0.0246 e. The summed E-state index contributed by atoms with van der Waals surface area (Å²) < 4.78 is 0. The summed E-state index contributed by atoms with van der Waals surface area (Å²) in [4.78, 5) is 0. The minimum atomic E-state index is 0.562. The molecule has 0 aromatic rings. The molecule has 0 saturated heterocycles. The summed E-state index contributed by atoms with van der Waals surface area (Å²) in [5, 5.41) is 0. The number of hydrogen-bond donors (Lipinski definition) is 0. The van der Waals surface area contributed by atoms with Gasteiger partial charge >= 0.3 is 0 Å². The fourth-order valence-corrected chi connectivity index (χ4v) is 4.25. The van der Waals surface area contributed by atoms with Crippen LogP contribution in [0.15, 0.2) is 0 Å². The second kappa shape index (κ2) is 4.70. The van der Waals surface area contributed by atoms with Crippen molar-refractivity contribution in [2.45, 2.75) is 74.1 Å². The molecule has 0 nitrogen and oxygen atoms in total. The molecule has 3 unspecified atom stereocenters. The molecule has 3 atom stereocenters. The SMILES string of the molecule is CCC(CC)C(C)C1CC(C)(C)C1(C)CC. The molecule has 0 aliphatic heterocycles. The molecule has 0 amide bonds. The standard InChI is InChI=1S/C16H32/c1-8-13(9-2)12(4)14-11-15(5,6)16(14,7)10-3/h12-14H,8-11H2,1-7H3. The maximum atomic E-state index is 2.53. The minimum absolute atomic E-state index is 0.562. The molecule has 0 heteroatoms. The Morgan fingerprint density at radius 3 is 1.88 bits per heavy atom. The van der Waals surface area contributed by atoms with Crippen LogP contribution in [-0.4, -0.2) is 0 Å². The molecule has 96 valence electrons. The van der Waals surface area contributed by atoms with Gasteiger partial charge in [0.05, 0.1) is 0 Å². The summed E-state index contributed by atoms with van der Waals surface area (Å²) in [6, 6.07) is 0. The highest BCUT2D eigenvalue weighted by Crippen LogP contribution is 2.65. The molecule has 1 aliphatic carbocycles. The first kappa shape index (κ1) is 14.1. The zero-order chi connectivity index (χ0) is 12.6. The molecule has 0 aromatic heterocycles. The van der Waals surface area contributed by atoms with E-state index in [2.05, 4.69) is 48.5 Å². The summed E-state index contributed by atoms with van der Waals surface area (Å²) >= 11 is 0. The minimum Gasteiger partial charge on any atom is -0.0651 e. The second-order valence-electron chi connectivity index (χ2n) is 6.90. The van der Waals surface area contributed by atoms with Gasteiger partial charge in [-0.1, -0.05) is 61.3 Å². The van der Waals surface area contributed by atoms with E-state index in [1.54, 1.807) is 0 Å². The average Bonchev–Trinajstić information content (AvgIpc) is 2.26. The zero-order valence-corrected chi connectivity index (χ0v) is 12.6. The summed E-state index contributed by atoms with van der Waals surface area (Å²) in [7, 11) is 0. The lowest BCUT2D eigenvalue weighted by atomic mass is 9.41. The van der Waals surface area contributed by atoms with Gasteiger partial charge < -0.3 is 0 Å². The van der Waals surface area contributed by atoms with E-state index in [0.29, 0.717) is 10.8 Å². The third kappa shape index (κ3) is 1.93. The third-order valence-corrected chi connectivity index (χ3v) is 6.26. The van der Waals surface area contributed by atoms with Gasteiger partial charge in [-0.05, 0) is 41.4 Å². The molecule has 1 aliphatic rings. The monoisotopic (exact) mass is 224 g/mol. The third-order valence-electron chi connectivity index (χ3n) is 6.26. The van der Waals surface area contributed by atoms with Crippen molar-refractivity contribution in [2.75, 3.05) is 0 Å². The Morgan fingerprint density at radius 2 is 1.56 bits per heavy atom. The van der Waals surface area contributed by atoms with Crippen LogP contribution in [0.5, 0.6) is 0 Å². The molecule has 16 heavy (non-hydrogen) atoms. The molecule has 0 N–H and O–H groups in total. The largest absolute Gasteiger partial charge is 0.0651 e. The lowest BCUT2D eigenvalue weighted by Crippen LogP contribution is -2.56. The van der Waals surface area contributed by atoms with Crippen molar-refractivity contribution in [1.29, 1.82) is 0 Å². The Kier molecular flexibility index (Phi) is 4.13. The van der Waals surface area contributed by atoms with Gasteiger partial charge in [-0.25, -0.2) is 0 Å². The summed E-state index contributed by atoms with van der Waals surface area (Å²) in [6.45, 7) is 17.1. The van der Waals surface area contributed by atoms with Crippen molar-refractivity contribution in [3.05, 3.63) is 0 Å². The van der Waals surface area contributed by atoms with Gasteiger partial charge in [0.1, 0.15) is 0 Å². The summed E-state index contributed by atoms with van der Waals surface area (Å²) in [5.74, 6) is 2.80. The van der Waals surface area contributed by atoms with Crippen molar-refractivity contribution in [2.24, 2.45) is 28.6 Å². The van der Waals surface area contributed by atoms with E-state index in [-0.39, 0.29) is 0 Å². The van der Waals surface area contributed by atoms with E-state index in [4.69, 9.17) is 0 Å². The molecule has 0 heterocycles. The summed E-state index contributed by atoms with van der Waals surface area (Å²) in [6.07, 6.45) is 5.49. The van der Waals surface area contributed by atoms with E-state index in [1.807, 2.05) is 0 Å². The van der Waals surface area contributed by atoms with Gasteiger partial charge in [-0.3, -0.25) is 0 Å². The normalized spacial score (nSPS) is 34.9. The highest BCUT2D eigenvalue weighted by Gasteiger charge is 2.57. The molecule has 0 bridgehead atoms. The quantitative estimate of drug-likeness (QED) is 0.576. The van der Waals surface area contributed by atoms with Gasteiger partial charge in [-0.2, -0.15) is 0 Å². The van der Waals surface area contributed by atoms with Crippen molar-refractivity contribution in [3.8, 4) is 0 Å². The number of rotatable bonds is 5. The summed E-state index contributed by atoms with van der Waals surface area (Å²) in [5.41, 5.74) is 1.14. The Bertz CT molecular complexity index is 224. The van der Waals surface area contributed by atoms with Crippen LogP contribution in [0.1, 0.15) is 74.1 Å². The Morgan fingerprint density at radius 1 is 1.06 bits per heavy atom. The van der Waals surface area contributed by atoms with Crippen LogP contribution in [0.3, 0.4) is 0 Å². The van der Waals surface area contributed by atoms with E-state index in [0.717, 1.165) is 17.8 Å². The smallest absolute Gasteiger partial charge is 0.0246 e. The van der Waals surface area contributed by atoms with E-state index >= 15 is 0 Å². The molecule has 1 saturated carbocycles. The highest BCUT2D eigenvalue weighted by molar-refractivity contribution is 5.06. The van der Waals surface area contributed by atoms with E-state index < -0.39 is 0 Å². The Balaban J connectivity index is 2.77. The average molecular weight is 224 g/mol. The maximum absolute atomic E-state index is 2.53. The predicted molar refractivity (Wildman–Crippen MR) is 73.5 cm³/mol. The van der Waals surface area contributed by atoms with Crippen LogP contribution in [0.25, 0.3) is 0 Å². The molecular weight excluding hydrogens is 192 g/mol. The van der Waals surface area contributed by atoms with Crippen LogP contribution in [0.2, 0.25) is 0 Å². The lowest BCUT2D eigenvalue weighted by Gasteiger charge is -2.63. The molecule has 0 spiro atoms. The van der Waals surface area contributed by atoms with Crippen LogP contribution >= 0.6 is 0 Å². The van der Waals surface area contributed by atoms with Crippen molar-refractivity contribution in [3.63, 3.8) is 0 Å². The van der Waals surface area contributed by atoms with Crippen LogP contribution in [0.4, 0.5) is 0 Å². The van der Waals surface area contributed by atoms with E-state index in [9.17, 15) is 0 Å².